The summed E-state index contributed by atoms with van der Waals surface area (Å²) in [7, 11) is 0. The summed E-state index contributed by atoms with van der Waals surface area (Å²) in [5, 5.41) is 10.2. The molecular formula is C33H40ClN5O2. The van der Waals surface area contributed by atoms with E-state index in [1.54, 1.807) is 4.80 Å². The molecule has 1 amide bonds. The summed E-state index contributed by atoms with van der Waals surface area (Å²) in [6.07, 6.45) is 1.01. The van der Waals surface area contributed by atoms with Crippen molar-refractivity contribution in [2.45, 2.75) is 53.0 Å². The molecule has 2 heterocycles. The molecule has 0 aliphatic carbocycles. The van der Waals surface area contributed by atoms with Crippen molar-refractivity contribution >= 4 is 28.5 Å². The normalized spacial score (nSPS) is 14.9. The van der Waals surface area contributed by atoms with Gasteiger partial charge in [-0.25, -0.2) is 0 Å². The number of amides is 1. The standard InChI is InChI=1S/C33H40ClN5O2/c1-32(2,3)23-33(4,5)25-12-15-30(29(20-25)39-35-27-8-6-7-9-28(27)36-39)41-22-31(40)38-18-16-37(17-19-38)21-24-10-13-26(34)14-11-24/h6-15,20H,16-19,21-23H2,1-5H3. The van der Waals surface area contributed by atoms with Crippen LogP contribution in [0.3, 0.4) is 0 Å². The molecule has 5 rings (SSSR count). The molecule has 1 aliphatic heterocycles. The Balaban J connectivity index is 1.29. The fourth-order valence-electron chi connectivity index (χ4n) is 5.85. The topological polar surface area (TPSA) is 63.5 Å². The molecule has 0 saturated carbocycles. The molecule has 0 spiro atoms. The molecule has 4 aromatic rings. The third kappa shape index (κ3) is 7.27. The van der Waals surface area contributed by atoms with Crippen LogP contribution in [0.15, 0.2) is 66.7 Å². The second kappa shape index (κ2) is 11.8. The van der Waals surface area contributed by atoms with Crippen molar-refractivity contribution in [1.29, 1.82) is 0 Å². The minimum absolute atomic E-state index is 0.0159. The Bertz CT molecular complexity index is 1470. The number of nitrogens with zero attached hydrogens (tertiary/aromatic N) is 5. The van der Waals surface area contributed by atoms with Gasteiger partial charge in [-0.2, -0.15) is 0 Å². The maximum Gasteiger partial charge on any atom is 0.260 e. The highest BCUT2D eigenvalue weighted by molar-refractivity contribution is 6.30. The number of halogens is 1. The average Bonchev–Trinajstić information content (AvgIpc) is 3.36. The number of hydrogen-bond acceptors (Lipinski definition) is 5. The van der Waals surface area contributed by atoms with E-state index in [1.165, 1.54) is 11.1 Å². The van der Waals surface area contributed by atoms with Crippen molar-refractivity contribution in [2.75, 3.05) is 32.8 Å². The lowest BCUT2D eigenvalue weighted by Crippen LogP contribution is -2.49. The molecular weight excluding hydrogens is 534 g/mol. The van der Waals surface area contributed by atoms with E-state index in [2.05, 4.69) is 63.8 Å². The van der Waals surface area contributed by atoms with Crippen molar-refractivity contribution in [3.63, 3.8) is 0 Å². The molecule has 1 saturated heterocycles. The zero-order valence-electron chi connectivity index (χ0n) is 24.7. The van der Waals surface area contributed by atoms with Crippen molar-refractivity contribution in [2.24, 2.45) is 5.41 Å². The van der Waals surface area contributed by atoms with Gasteiger partial charge in [0.25, 0.3) is 5.91 Å². The predicted molar refractivity (Wildman–Crippen MR) is 165 cm³/mol. The van der Waals surface area contributed by atoms with Crippen LogP contribution in [0.25, 0.3) is 16.7 Å². The second-order valence-electron chi connectivity index (χ2n) is 12.9. The summed E-state index contributed by atoms with van der Waals surface area (Å²) < 4.78 is 6.19. The van der Waals surface area contributed by atoms with Crippen molar-refractivity contribution in [3.8, 4) is 11.4 Å². The maximum atomic E-state index is 13.2. The smallest absolute Gasteiger partial charge is 0.260 e. The first-order valence-corrected chi connectivity index (χ1v) is 14.7. The SMILES string of the molecule is CC(C)(C)CC(C)(C)c1ccc(OCC(=O)N2CCN(Cc3ccc(Cl)cc3)CC2)c(-n2nc3ccccc3n2)c1. The maximum absolute atomic E-state index is 13.2. The molecule has 0 unspecified atom stereocenters. The molecule has 3 aromatic carbocycles. The first kappa shape index (κ1) is 29.1. The Kier molecular flexibility index (Phi) is 8.39. The lowest BCUT2D eigenvalue weighted by molar-refractivity contribution is -0.135. The van der Waals surface area contributed by atoms with Crippen LogP contribution in [0.5, 0.6) is 5.75 Å². The van der Waals surface area contributed by atoms with Gasteiger partial charge in [-0.3, -0.25) is 9.69 Å². The van der Waals surface area contributed by atoms with Crippen molar-refractivity contribution < 1.29 is 9.53 Å². The molecule has 0 bridgehead atoms. The number of ether oxygens (including phenoxy) is 1. The average molecular weight is 574 g/mol. The van der Waals surface area contributed by atoms with Gasteiger partial charge in [-0.05, 0) is 64.8 Å². The highest BCUT2D eigenvalue weighted by Crippen LogP contribution is 2.38. The number of fused-ring (bicyclic) bond motifs is 1. The molecule has 0 atom stereocenters. The van der Waals surface area contributed by atoms with E-state index < -0.39 is 0 Å². The number of benzene rings is 3. The number of aromatic nitrogens is 3. The van der Waals surface area contributed by atoms with Gasteiger partial charge in [-0.15, -0.1) is 15.0 Å². The van der Waals surface area contributed by atoms with Gasteiger partial charge in [0.2, 0.25) is 0 Å². The second-order valence-corrected chi connectivity index (χ2v) is 13.3. The van der Waals surface area contributed by atoms with E-state index in [1.807, 2.05) is 47.4 Å². The zero-order valence-corrected chi connectivity index (χ0v) is 25.5. The lowest BCUT2D eigenvalue weighted by atomic mass is 9.72. The highest BCUT2D eigenvalue weighted by Gasteiger charge is 2.29. The van der Waals surface area contributed by atoms with Gasteiger partial charge >= 0.3 is 0 Å². The Hall–Kier alpha value is -3.42. The first-order chi connectivity index (χ1) is 19.5. The molecule has 216 valence electrons. The van der Waals surface area contributed by atoms with Crippen LogP contribution in [-0.4, -0.2) is 63.5 Å². The van der Waals surface area contributed by atoms with Crippen LogP contribution in [0.1, 0.15) is 52.2 Å². The number of carbonyl (C=O) groups excluding carboxylic acids is 1. The summed E-state index contributed by atoms with van der Waals surface area (Å²) in [5.41, 5.74) is 4.86. The molecule has 8 heteroatoms. The molecule has 0 N–H and O–H groups in total. The number of rotatable bonds is 8. The van der Waals surface area contributed by atoms with E-state index >= 15 is 0 Å². The lowest BCUT2D eigenvalue weighted by Gasteiger charge is -2.35. The van der Waals surface area contributed by atoms with E-state index in [9.17, 15) is 4.79 Å². The van der Waals surface area contributed by atoms with Gasteiger partial charge in [-0.1, -0.05) is 76.6 Å². The molecule has 0 radical (unpaired) electrons. The van der Waals surface area contributed by atoms with Gasteiger partial charge in [0.15, 0.2) is 6.61 Å². The molecule has 1 aliphatic rings. The first-order valence-electron chi connectivity index (χ1n) is 14.3. The van der Waals surface area contributed by atoms with E-state index in [-0.39, 0.29) is 23.3 Å². The van der Waals surface area contributed by atoms with Crippen LogP contribution in [-0.2, 0) is 16.8 Å². The van der Waals surface area contributed by atoms with E-state index in [0.29, 0.717) is 18.8 Å². The minimum Gasteiger partial charge on any atom is -0.481 e. The Labute approximate surface area is 248 Å². The molecule has 41 heavy (non-hydrogen) atoms. The fraction of sp³-hybridized carbons (Fsp3) is 0.424. The van der Waals surface area contributed by atoms with Crippen molar-refractivity contribution in [1.82, 2.24) is 24.8 Å². The minimum atomic E-state index is -0.0698. The Morgan fingerprint density at radius 2 is 1.51 bits per heavy atom. The predicted octanol–water partition coefficient (Wildman–Crippen LogP) is 6.51. The van der Waals surface area contributed by atoms with Gasteiger partial charge in [0.1, 0.15) is 22.5 Å². The summed E-state index contributed by atoms with van der Waals surface area (Å²) >= 11 is 6.02. The van der Waals surface area contributed by atoms with E-state index in [0.717, 1.165) is 47.8 Å². The summed E-state index contributed by atoms with van der Waals surface area (Å²) in [4.78, 5) is 19.1. The third-order valence-corrected chi connectivity index (χ3v) is 7.86. The summed E-state index contributed by atoms with van der Waals surface area (Å²) in [6.45, 7) is 15.1. The van der Waals surface area contributed by atoms with Crippen LogP contribution in [0.4, 0.5) is 0 Å². The Morgan fingerprint density at radius 1 is 0.878 bits per heavy atom. The van der Waals surface area contributed by atoms with Crippen LogP contribution < -0.4 is 4.74 Å². The molecule has 1 fully saturated rings. The third-order valence-electron chi connectivity index (χ3n) is 7.61. The molecule has 7 nitrogen and oxygen atoms in total. The Morgan fingerprint density at radius 3 is 2.12 bits per heavy atom. The zero-order chi connectivity index (χ0) is 29.2. The number of hydrogen-bond donors (Lipinski definition) is 0. The largest absolute Gasteiger partial charge is 0.481 e. The quantitative estimate of drug-likeness (QED) is 0.240. The highest BCUT2D eigenvalue weighted by atomic mass is 35.5. The number of piperazine rings is 1. The molecule has 1 aromatic heterocycles. The van der Waals surface area contributed by atoms with Crippen molar-refractivity contribution in [3.05, 3.63) is 82.9 Å². The van der Waals surface area contributed by atoms with Gasteiger partial charge < -0.3 is 9.64 Å². The number of carbonyl (C=O) groups is 1. The van der Waals surface area contributed by atoms with Crippen LogP contribution in [0.2, 0.25) is 5.02 Å². The summed E-state index contributed by atoms with van der Waals surface area (Å²) in [6, 6.07) is 21.9. The fourth-order valence-corrected chi connectivity index (χ4v) is 5.97. The summed E-state index contributed by atoms with van der Waals surface area (Å²) in [5.74, 6) is 0.577. The van der Waals surface area contributed by atoms with Gasteiger partial charge in [0.05, 0.1) is 0 Å². The van der Waals surface area contributed by atoms with Crippen LogP contribution >= 0.6 is 11.6 Å². The van der Waals surface area contributed by atoms with Crippen LogP contribution in [0, 0.1) is 5.41 Å². The van der Waals surface area contributed by atoms with Gasteiger partial charge in [0, 0.05) is 37.7 Å². The monoisotopic (exact) mass is 573 g/mol. The van der Waals surface area contributed by atoms with E-state index in [4.69, 9.17) is 26.5 Å².